The van der Waals surface area contributed by atoms with E-state index in [4.69, 9.17) is 32.7 Å². The third-order valence-corrected chi connectivity index (χ3v) is 4.58. The highest BCUT2D eigenvalue weighted by Crippen LogP contribution is 2.34. The summed E-state index contributed by atoms with van der Waals surface area (Å²) in [6.45, 7) is 7.31. The van der Waals surface area contributed by atoms with E-state index in [1.54, 1.807) is 0 Å². The van der Waals surface area contributed by atoms with Crippen LogP contribution < -0.4 is 10.1 Å². The fourth-order valence-electron chi connectivity index (χ4n) is 2.76. The molecule has 27 heavy (non-hydrogen) atoms. The van der Waals surface area contributed by atoms with Crippen LogP contribution in [0.5, 0.6) is 5.75 Å². The first-order chi connectivity index (χ1) is 12.6. The van der Waals surface area contributed by atoms with Crippen LogP contribution in [0.25, 0.3) is 0 Å². The lowest BCUT2D eigenvalue weighted by molar-refractivity contribution is -0.123. The largest absolute Gasteiger partial charge is 0.494 e. The summed E-state index contributed by atoms with van der Waals surface area (Å²) < 4.78 is 10.3. The minimum Gasteiger partial charge on any atom is -0.494 e. The number of esters is 1. The fraction of sp³-hybridized carbons (Fsp3) is 0.300. The second kappa shape index (κ2) is 8.63. The zero-order chi connectivity index (χ0) is 20.3. The Hall–Kier alpha value is -2.24. The van der Waals surface area contributed by atoms with Gasteiger partial charge >= 0.3 is 5.97 Å². The molecule has 0 aliphatic rings. The van der Waals surface area contributed by atoms with Crippen molar-refractivity contribution < 1.29 is 19.1 Å². The zero-order valence-electron chi connectivity index (χ0n) is 15.8. The Bertz CT molecular complexity index is 850. The molecule has 0 aliphatic heterocycles. The lowest BCUT2D eigenvalue weighted by atomic mass is 10.0. The first-order valence-electron chi connectivity index (χ1n) is 8.26. The van der Waals surface area contributed by atoms with E-state index in [1.807, 2.05) is 32.9 Å². The molecular weight excluding hydrogens is 389 g/mol. The number of methoxy groups -OCH3 is 1. The molecule has 1 atom stereocenters. The fourth-order valence-corrected chi connectivity index (χ4v) is 3.40. The number of nitrogens with one attached hydrogen (secondary N) is 1. The summed E-state index contributed by atoms with van der Waals surface area (Å²) in [6.07, 6.45) is -1.00. The van der Waals surface area contributed by atoms with E-state index in [0.717, 1.165) is 16.7 Å². The molecule has 0 bridgehead atoms. The van der Waals surface area contributed by atoms with E-state index in [9.17, 15) is 9.59 Å². The number of halogens is 2. The van der Waals surface area contributed by atoms with Crippen LogP contribution in [0.1, 0.15) is 34.0 Å². The average molecular weight is 410 g/mol. The van der Waals surface area contributed by atoms with Crippen LogP contribution in [0.15, 0.2) is 24.3 Å². The maximum Gasteiger partial charge on any atom is 0.339 e. The van der Waals surface area contributed by atoms with Crippen molar-refractivity contribution in [2.75, 3.05) is 12.4 Å². The van der Waals surface area contributed by atoms with Crippen molar-refractivity contribution in [3.8, 4) is 5.75 Å². The van der Waals surface area contributed by atoms with Gasteiger partial charge < -0.3 is 14.8 Å². The van der Waals surface area contributed by atoms with Crippen LogP contribution in [0.4, 0.5) is 5.69 Å². The third-order valence-electron chi connectivity index (χ3n) is 4.02. The second-order valence-electron chi connectivity index (χ2n) is 6.28. The Balaban J connectivity index is 2.12. The van der Waals surface area contributed by atoms with Gasteiger partial charge in [-0.1, -0.05) is 40.9 Å². The molecule has 0 saturated heterocycles. The van der Waals surface area contributed by atoms with Gasteiger partial charge in [0.15, 0.2) is 11.9 Å². The Morgan fingerprint density at radius 2 is 1.52 bits per heavy atom. The molecule has 1 amide bonds. The van der Waals surface area contributed by atoms with E-state index in [1.165, 1.54) is 26.2 Å². The summed E-state index contributed by atoms with van der Waals surface area (Å²) in [6, 6.07) is 6.71. The van der Waals surface area contributed by atoms with Crippen LogP contribution in [-0.2, 0) is 9.53 Å². The van der Waals surface area contributed by atoms with E-state index >= 15 is 0 Å². The van der Waals surface area contributed by atoms with Gasteiger partial charge in [0.05, 0.1) is 22.7 Å². The van der Waals surface area contributed by atoms with Crippen molar-refractivity contribution in [3.63, 3.8) is 0 Å². The second-order valence-corrected chi connectivity index (χ2v) is 7.10. The number of benzene rings is 2. The Kier molecular flexibility index (Phi) is 6.73. The molecule has 7 heteroatoms. The molecule has 0 heterocycles. The third kappa shape index (κ3) is 4.93. The summed E-state index contributed by atoms with van der Waals surface area (Å²) >= 11 is 12.1. The highest BCUT2D eigenvalue weighted by atomic mass is 35.5. The number of amides is 1. The van der Waals surface area contributed by atoms with E-state index < -0.39 is 18.0 Å². The molecule has 0 aromatic heterocycles. The van der Waals surface area contributed by atoms with Crippen LogP contribution in [-0.4, -0.2) is 25.1 Å². The summed E-state index contributed by atoms with van der Waals surface area (Å²) in [5.41, 5.74) is 3.83. The minimum atomic E-state index is -1.00. The van der Waals surface area contributed by atoms with E-state index in [-0.39, 0.29) is 21.4 Å². The normalized spacial score (nSPS) is 11.7. The number of hydrogen-bond acceptors (Lipinski definition) is 4. The van der Waals surface area contributed by atoms with Crippen molar-refractivity contribution >= 4 is 40.8 Å². The molecule has 2 aromatic rings. The maximum absolute atomic E-state index is 12.4. The van der Waals surface area contributed by atoms with E-state index in [2.05, 4.69) is 5.32 Å². The average Bonchev–Trinajstić information content (AvgIpc) is 2.57. The van der Waals surface area contributed by atoms with Gasteiger partial charge in [-0.25, -0.2) is 4.79 Å². The van der Waals surface area contributed by atoms with Gasteiger partial charge in [-0.05, 0) is 51.0 Å². The molecule has 2 rings (SSSR count). The first kappa shape index (κ1) is 21.1. The molecule has 0 unspecified atom stereocenters. The van der Waals surface area contributed by atoms with Gasteiger partial charge in [0.1, 0.15) is 0 Å². The van der Waals surface area contributed by atoms with Gasteiger partial charge in [0.25, 0.3) is 5.91 Å². The van der Waals surface area contributed by atoms with Gasteiger partial charge in [-0.2, -0.15) is 0 Å². The molecule has 5 nitrogen and oxygen atoms in total. The minimum absolute atomic E-state index is 0.133. The summed E-state index contributed by atoms with van der Waals surface area (Å²) in [5, 5.41) is 3.18. The molecule has 1 N–H and O–H groups in total. The standard InChI is InChI=1S/C20H21Cl2NO4/c1-10-6-11(2)17(12(3)7-10)23-19(24)13(4)27-20(25)14-8-15(21)18(26-5)16(22)9-14/h6-9,13H,1-5H3,(H,23,24)/t13-/m1/s1. The van der Waals surface area contributed by atoms with Gasteiger partial charge in [-0.3, -0.25) is 4.79 Å². The van der Waals surface area contributed by atoms with Crippen LogP contribution in [0, 0.1) is 20.8 Å². The molecule has 2 aromatic carbocycles. The predicted octanol–water partition coefficient (Wildman–Crippen LogP) is 5.11. The molecule has 0 saturated carbocycles. The van der Waals surface area contributed by atoms with Crippen molar-refractivity contribution in [2.45, 2.75) is 33.8 Å². The number of hydrogen-bond donors (Lipinski definition) is 1. The highest BCUT2D eigenvalue weighted by molar-refractivity contribution is 6.37. The number of anilines is 1. The van der Waals surface area contributed by atoms with Crippen molar-refractivity contribution in [1.82, 2.24) is 0 Å². The Morgan fingerprint density at radius 3 is 2.00 bits per heavy atom. The smallest absolute Gasteiger partial charge is 0.339 e. The topological polar surface area (TPSA) is 64.6 Å². The van der Waals surface area contributed by atoms with Crippen LogP contribution >= 0.6 is 23.2 Å². The quantitative estimate of drug-likeness (QED) is 0.696. The van der Waals surface area contributed by atoms with Gasteiger partial charge in [0, 0.05) is 5.69 Å². The Morgan fingerprint density at radius 1 is 1.00 bits per heavy atom. The monoisotopic (exact) mass is 409 g/mol. The zero-order valence-corrected chi connectivity index (χ0v) is 17.3. The summed E-state index contributed by atoms with van der Waals surface area (Å²) in [7, 11) is 1.42. The Labute approximate surface area is 168 Å². The van der Waals surface area contributed by atoms with E-state index in [0.29, 0.717) is 5.69 Å². The van der Waals surface area contributed by atoms with Crippen molar-refractivity contribution in [1.29, 1.82) is 0 Å². The molecule has 0 fully saturated rings. The molecule has 0 spiro atoms. The van der Waals surface area contributed by atoms with Crippen LogP contribution in [0.3, 0.4) is 0 Å². The molecule has 0 radical (unpaired) electrons. The predicted molar refractivity (Wildman–Crippen MR) is 107 cm³/mol. The number of aryl methyl sites for hydroxylation is 3. The highest BCUT2D eigenvalue weighted by Gasteiger charge is 2.22. The SMILES string of the molecule is COc1c(Cl)cc(C(=O)O[C@H](C)C(=O)Nc2c(C)cc(C)cc2C)cc1Cl. The number of rotatable bonds is 5. The summed E-state index contributed by atoms with van der Waals surface area (Å²) in [4.78, 5) is 24.8. The summed E-state index contributed by atoms with van der Waals surface area (Å²) in [5.74, 6) is -0.864. The van der Waals surface area contributed by atoms with Crippen LogP contribution in [0.2, 0.25) is 10.0 Å². The van der Waals surface area contributed by atoms with Crippen molar-refractivity contribution in [2.24, 2.45) is 0 Å². The molecule has 0 aliphatic carbocycles. The van der Waals surface area contributed by atoms with Crippen molar-refractivity contribution in [3.05, 3.63) is 56.6 Å². The first-order valence-corrected chi connectivity index (χ1v) is 9.02. The maximum atomic E-state index is 12.4. The van der Waals surface area contributed by atoms with Gasteiger partial charge in [0.2, 0.25) is 0 Å². The number of ether oxygens (including phenoxy) is 2. The molecular formula is C20H21Cl2NO4. The van der Waals surface area contributed by atoms with Gasteiger partial charge in [-0.15, -0.1) is 0 Å². The number of carbonyl (C=O) groups is 2. The number of carbonyl (C=O) groups excluding carboxylic acids is 2. The molecule has 144 valence electrons. The lowest BCUT2D eigenvalue weighted by Crippen LogP contribution is -2.30. The lowest BCUT2D eigenvalue weighted by Gasteiger charge is -2.17.